The van der Waals surface area contributed by atoms with Crippen LogP contribution in [0.4, 0.5) is 0 Å². The lowest BCUT2D eigenvalue weighted by atomic mass is 9.94. The molecule has 0 radical (unpaired) electrons. The minimum absolute atomic E-state index is 0.476. The van der Waals surface area contributed by atoms with Crippen LogP contribution in [0.5, 0.6) is 0 Å². The van der Waals surface area contributed by atoms with Crippen molar-refractivity contribution in [3.63, 3.8) is 0 Å². The molecule has 0 fully saturated rings. The van der Waals surface area contributed by atoms with E-state index in [1.807, 2.05) is 17.9 Å². The highest BCUT2D eigenvalue weighted by Gasteiger charge is 2.22. The van der Waals surface area contributed by atoms with Crippen LogP contribution in [0.15, 0.2) is 18.5 Å². The summed E-state index contributed by atoms with van der Waals surface area (Å²) in [6.07, 6.45) is 8.71. The summed E-state index contributed by atoms with van der Waals surface area (Å²) in [5.74, 6) is 0. The predicted molar refractivity (Wildman–Crippen MR) is 79.9 cm³/mol. The average molecular weight is 296 g/mol. The van der Waals surface area contributed by atoms with Gasteiger partial charge in [-0.1, -0.05) is 11.6 Å². The van der Waals surface area contributed by atoms with Crippen LogP contribution >= 0.6 is 22.9 Å². The number of halogens is 1. The van der Waals surface area contributed by atoms with Crippen LogP contribution in [0.25, 0.3) is 0 Å². The summed E-state index contributed by atoms with van der Waals surface area (Å²) >= 11 is 7.87. The number of fused-ring (bicyclic) bond motifs is 1. The summed E-state index contributed by atoms with van der Waals surface area (Å²) in [5, 5.41) is 7.85. The molecule has 0 bridgehead atoms. The fourth-order valence-electron chi connectivity index (χ4n) is 2.73. The van der Waals surface area contributed by atoms with E-state index in [9.17, 15) is 0 Å². The van der Waals surface area contributed by atoms with Crippen molar-refractivity contribution in [2.45, 2.75) is 31.7 Å². The maximum Gasteiger partial charge on any atom is 0.0934 e. The Morgan fingerprint density at radius 2 is 2.47 bits per heavy atom. The van der Waals surface area contributed by atoms with E-state index in [0.29, 0.717) is 6.04 Å². The van der Waals surface area contributed by atoms with Crippen LogP contribution in [0.2, 0.25) is 4.34 Å². The van der Waals surface area contributed by atoms with Crippen molar-refractivity contribution in [2.75, 3.05) is 6.54 Å². The highest BCUT2D eigenvalue weighted by molar-refractivity contribution is 7.16. The van der Waals surface area contributed by atoms with E-state index >= 15 is 0 Å². The van der Waals surface area contributed by atoms with Crippen molar-refractivity contribution in [3.8, 4) is 0 Å². The van der Waals surface area contributed by atoms with Crippen LogP contribution in [0.1, 0.15) is 34.9 Å². The molecule has 2 heterocycles. The van der Waals surface area contributed by atoms with Crippen molar-refractivity contribution in [1.82, 2.24) is 15.1 Å². The summed E-state index contributed by atoms with van der Waals surface area (Å²) in [7, 11) is 1.96. The summed E-state index contributed by atoms with van der Waals surface area (Å²) in [4.78, 5) is 1.47. The molecule has 102 valence electrons. The maximum absolute atomic E-state index is 6.13. The van der Waals surface area contributed by atoms with Gasteiger partial charge in [0.25, 0.3) is 0 Å². The molecular formula is C14H18ClN3S. The van der Waals surface area contributed by atoms with Gasteiger partial charge in [-0.3, -0.25) is 4.68 Å². The second-order valence-electron chi connectivity index (χ2n) is 5.10. The molecule has 2 aromatic heterocycles. The van der Waals surface area contributed by atoms with Gasteiger partial charge in [0.05, 0.1) is 10.5 Å². The zero-order valence-electron chi connectivity index (χ0n) is 11.0. The second kappa shape index (κ2) is 5.65. The van der Waals surface area contributed by atoms with E-state index in [1.165, 1.54) is 35.3 Å². The Morgan fingerprint density at radius 3 is 3.26 bits per heavy atom. The van der Waals surface area contributed by atoms with Crippen molar-refractivity contribution in [2.24, 2.45) is 7.05 Å². The Morgan fingerprint density at radius 1 is 1.58 bits per heavy atom. The highest BCUT2D eigenvalue weighted by atomic mass is 35.5. The SMILES string of the molecule is Cn1cc(CCNC2CCCc3sc(Cl)cc32)cn1. The molecule has 1 N–H and O–H groups in total. The number of nitrogens with one attached hydrogen (secondary N) is 1. The zero-order chi connectivity index (χ0) is 13.2. The van der Waals surface area contributed by atoms with Gasteiger partial charge < -0.3 is 5.32 Å². The molecule has 1 aliphatic carbocycles. The van der Waals surface area contributed by atoms with Gasteiger partial charge in [-0.2, -0.15) is 5.10 Å². The van der Waals surface area contributed by atoms with Gasteiger partial charge in [-0.15, -0.1) is 11.3 Å². The Labute approximate surface area is 122 Å². The van der Waals surface area contributed by atoms with E-state index in [2.05, 4.69) is 22.7 Å². The highest BCUT2D eigenvalue weighted by Crippen LogP contribution is 2.37. The van der Waals surface area contributed by atoms with Gasteiger partial charge in [0, 0.05) is 24.2 Å². The van der Waals surface area contributed by atoms with Crippen molar-refractivity contribution in [3.05, 3.63) is 38.8 Å². The molecule has 0 aliphatic heterocycles. The first-order valence-corrected chi connectivity index (χ1v) is 7.91. The third-order valence-corrected chi connectivity index (χ3v) is 4.99. The van der Waals surface area contributed by atoms with Gasteiger partial charge in [0.2, 0.25) is 0 Å². The molecule has 1 atom stereocenters. The normalized spacial score (nSPS) is 18.5. The summed E-state index contributed by atoms with van der Waals surface area (Å²) in [6.45, 7) is 0.989. The lowest BCUT2D eigenvalue weighted by Crippen LogP contribution is -2.26. The van der Waals surface area contributed by atoms with E-state index in [1.54, 1.807) is 11.3 Å². The quantitative estimate of drug-likeness (QED) is 0.937. The number of aromatic nitrogens is 2. The smallest absolute Gasteiger partial charge is 0.0934 e. The molecule has 3 nitrogen and oxygen atoms in total. The molecule has 0 saturated carbocycles. The Hall–Kier alpha value is -0.840. The molecule has 0 saturated heterocycles. The zero-order valence-corrected chi connectivity index (χ0v) is 12.6. The van der Waals surface area contributed by atoms with E-state index in [0.717, 1.165) is 17.3 Å². The number of thiophene rings is 1. The van der Waals surface area contributed by atoms with Crippen molar-refractivity contribution < 1.29 is 0 Å². The van der Waals surface area contributed by atoms with Crippen LogP contribution in [0, 0.1) is 0 Å². The molecular weight excluding hydrogens is 278 g/mol. The lowest BCUT2D eigenvalue weighted by Gasteiger charge is -2.23. The minimum Gasteiger partial charge on any atom is -0.310 e. The molecule has 5 heteroatoms. The predicted octanol–water partition coefficient (Wildman–Crippen LogP) is 3.34. The lowest BCUT2D eigenvalue weighted by molar-refractivity contribution is 0.467. The standard InChI is InChI=1S/C14H18ClN3S/c1-18-9-10(8-17-18)5-6-16-12-3-2-4-13-11(12)7-14(15)19-13/h7-9,12,16H,2-6H2,1H3. The second-order valence-corrected chi connectivity index (χ2v) is 6.87. The van der Waals surface area contributed by atoms with Crippen LogP contribution in [-0.2, 0) is 19.9 Å². The molecule has 0 aromatic carbocycles. The van der Waals surface area contributed by atoms with Gasteiger partial charge >= 0.3 is 0 Å². The Kier molecular flexibility index (Phi) is 3.91. The Balaban J connectivity index is 1.59. The average Bonchev–Trinajstić information content (AvgIpc) is 2.95. The first-order valence-electron chi connectivity index (χ1n) is 6.71. The summed E-state index contributed by atoms with van der Waals surface area (Å²) < 4.78 is 2.78. The molecule has 0 amide bonds. The van der Waals surface area contributed by atoms with Gasteiger partial charge in [-0.25, -0.2) is 0 Å². The first-order chi connectivity index (χ1) is 9.22. The first kappa shape index (κ1) is 13.2. The monoisotopic (exact) mass is 295 g/mol. The summed E-state index contributed by atoms with van der Waals surface area (Å²) in [5.41, 5.74) is 2.71. The molecule has 1 aliphatic rings. The number of aryl methyl sites for hydroxylation is 2. The number of nitrogens with zero attached hydrogens (tertiary/aromatic N) is 2. The summed E-state index contributed by atoms with van der Waals surface area (Å²) in [6, 6.07) is 2.62. The van der Waals surface area contributed by atoms with E-state index in [4.69, 9.17) is 11.6 Å². The van der Waals surface area contributed by atoms with Gasteiger partial charge in [0.1, 0.15) is 0 Å². The fourth-order valence-corrected chi connectivity index (χ4v) is 4.11. The van der Waals surface area contributed by atoms with Crippen LogP contribution < -0.4 is 5.32 Å². The maximum atomic E-state index is 6.13. The van der Waals surface area contributed by atoms with Gasteiger partial charge in [0.15, 0.2) is 0 Å². The largest absolute Gasteiger partial charge is 0.310 e. The Bertz CT molecular complexity index is 561. The third-order valence-electron chi connectivity index (χ3n) is 3.65. The number of rotatable bonds is 4. The fraction of sp³-hybridized carbons (Fsp3) is 0.500. The number of hydrogen-bond acceptors (Lipinski definition) is 3. The number of hydrogen-bond donors (Lipinski definition) is 1. The molecule has 0 spiro atoms. The van der Waals surface area contributed by atoms with Crippen LogP contribution in [-0.4, -0.2) is 16.3 Å². The van der Waals surface area contributed by atoms with E-state index < -0.39 is 0 Å². The van der Waals surface area contributed by atoms with Crippen molar-refractivity contribution >= 4 is 22.9 Å². The third kappa shape index (κ3) is 3.02. The molecule has 19 heavy (non-hydrogen) atoms. The minimum atomic E-state index is 0.476. The van der Waals surface area contributed by atoms with Crippen LogP contribution in [0.3, 0.4) is 0 Å². The topological polar surface area (TPSA) is 29.9 Å². The molecule has 3 rings (SSSR count). The van der Waals surface area contributed by atoms with Crippen molar-refractivity contribution in [1.29, 1.82) is 0 Å². The molecule has 1 unspecified atom stereocenters. The van der Waals surface area contributed by atoms with E-state index in [-0.39, 0.29) is 0 Å². The molecule has 2 aromatic rings. The van der Waals surface area contributed by atoms with Gasteiger partial charge in [-0.05, 0) is 49.4 Å².